The second-order valence-electron chi connectivity index (χ2n) is 7.77. The Bertz CT molecular complexity index is 1010. The molecule has 0 aromatic heterocycles. The normalized spacial score (nSPS) is 23.2. The molecule has 2 saturated carbocycles. The fourth-order valence-corrected chi connectivity index (χ4v) is 6.53. The third-order valence-corrected chi connectivity index (χ3v) is 8.19. The van der Waals surface area contributed by atoms with Gasteiger partial charge in [-0.1, -0.05) is 47.8 Å². The standard InChI is InChI=1S/C21H22Cl2N2O3S/c22-16-8-9-20(18(23)12-16)25(29(27,28)17-4-2-1-3-5-17)13-21(26)24-19-11-14-6-7-15(19)10-14/h1-5,8-9,12,14-15,19H,6-7,10-11,13H2,(H,24,26)/t14-,15+,19+/m0/s1. The van der Waals surface area contributed by atoms with E-state index in [4.69, 9.17) is 23.2 Å². The third kappa shape index (κ3) is 4.25. The molecular weight excluding hydrogens is 431 g/mol. The molecule has 8 heteroatoms. The minimum Gasteiger partial charge on any atom is -0.352 e. The number of hydrogen-bond acceptors (Lipinski definition) is 3. The molecule has 0 unspecified atom stereocenters. The van der Waals surface area contributed by atoms with Crippen LogP contribution in [0.15, 0.2) is 53.4 Å². The van der Waals surface area contributed by atoms with E-state index < -0.39 is 10.0 Å². The highest BCUT2D eigenvalue weighted by molar-refractivity contribution is 7.92. The Morgan fingerprint density at radius 3 is 2.45 bits per heavy atom. The first-order valence-electron chi connectivity index (χ1n) is 9.67. The smallest absolute Gasteiger partial charge is 0.264 e. The summed E-state index contributed by atoms with van der Waals surface area (Å²) in [5.74, 6) is 0.857. The van der Waals surface area contributed by atoms with Gasteiger partial charge in [-0.05, 0) is 61.4 Å². The summed E-state index contributed by atoms with van der Waals surface area (Å²) in [6, 6.07) is 12.7. The lowest BCUT2D eigenvalue weighted by Gasteiger charge is -2.27. The van der Waals surface area contributed by atoms with E-state index in [1.54, 1.807) is 24.3 Å². The van der Waals surface area contributed by atoms with Crippen LogP contribution in [0, 0.1) is 11.8 Å². The van der Waals surface area contributed by atoms with E-state index in [0.29, 0.717) is 16.9 Å². The summed E-state index contributed by atoms with van der Waals surface area (Å²) >= 11 is 12.3. The first-order chi connectivity index (χ1) is 13.8. The maximum atomic E-state index is 13.3. The Hall–Kier alpha value is -1.76. The van der Waals surface area contributed by atoms with E-state index in [-0.39, 0.29) is 34.1 Å². The number of carbonyl (C=O) groups is 1. The van der Waals surface area contributed by atoms with Gasteiger partial charge in [-0.2, -0.15) is 0 Å². The monoisotopic (exact) mass is 452 g/mol. The van der Waals surface area contributed by atoms with Crippen LogP contribution in [0.2, 0.25) is 10.0 Å². The molecule has 0 aliphatic heterocycles. The van der Waals surface area contributed by atoms with Crippen LogP contribution in [-0.4, -0.2) is 26.9 Å². The Balaban J connectivity index is 1.62. The van der Waals surface area contributed by atoms with Gasteiger partial charge in [0, 0.05) is 11.1 Å². The van der Waals surface area contributed by atoms with Gasteiger partial charge in [0.1, 0.15) is 6.54 Å². The van der Waals surface area contributed by atoms with Crippen molar-refractivity contribution in [1.29, 1.82) is 0 Å². The van der Waals surface area contributed by atoms with Crippen LogP contribution in [0.25, 0.3) is 0 Å². The molecule has 0 radical (unpaired) electrons. The molecule has 2 fully saturated rings. The molecule has 1 amide bonds. The molecular formula is C21H22Cl2N2O3S. The highest BCUT2D eigenvalue weighted by Crippen LogP contribution is 2.44. The number of benzene rings is 2. The summed E-state index contributed by atoms with van der Waals surface area (Å²) < 4.78 is 27.7. The summed E-state index contributed by atoms with van der Waals surface area (Å²) in [6.07, 6.45) is 4.49. The van der Waals surface area contributed by atoms with Gasteiger partial charge in [0.2, 0.25) is 5.91 Å². The van der Waals surface area contributed by atoms with Gasteiger partial charge in [-0.3, -0.25) is 9.10 Å². The van der Waals surface area contributed by atoms with Crippen LogP contribution >= 0.6 is 23.2 Å². The number of halogens is 2. The number of amides is 1. The van der Waals surface area contributed by atoms with Gasteiger partial charge in [0.05, 0.1) is 15.6 Å². The largest absolute Gasteiger partial charge is 0.352 e. The molecule has 2 aromatic rings. The molecule has 4 rings (SSSR count). The van der Waals surface area contributed by atoms with Crippen molar-refractivity contribution < 1.29 is 13.2 Å². The van der Waals surface area contributed by atoms with Gasteiger partial charge in [-0.25, -0.2) is 8.42 Å². The fourth-order valence-electron chi connectivity index (χ4n) is 4.51. The summed E-state index contributed by atoms with van der Waals surface area (Å²) in [7, 11) is -3.98. The Labute approximate surface area is 181 Å². The molecule has 2 aliphatic rings. The number of rotatable bonds is 6. The molecule has 0 saturated heterocycles. The van der Waals surface area contributed by atoms with E-state index in [9.17, 15) is 13.2 Å². The summed E-state index contributed by atoms with van der Waals surface area (Å²) in [5.41, 5.74) is 0.225. The molecule has 2 aromatic carbocycles. The van der Waals surface area contributed by atoms with Gasteiger partial charge in [-0.15, -0.1) is 0 Å². The van der Waals surface area contributed by atoms with Gasteiger partial charge < -0.3 is 5.32 Å². The van der Waals surface area contributed by atoms with E-state index in [1.807, 2.05) is 0 Å². The first kappa shape index (κ1) is 20.5. The maximum Gasteiger partial charge on any atom is 0.264 e. The lowest BCUT2D eigenvalue weighted by atomic mass is 9.95. The molecule has 0 heterocycles. The molecule has 29 heavy (non-hydrogen) atoms. The van der Waals surface area contributed by atoms with Crippen molar-refractivity contribution in [2.75, 3.05) is 10.8 Å². The zero-order valence-electron chi connectivity index (χ0n) is 15.7. The molecule has 0 spiro atoms. The van der Waals surface area contributed by atoms with Crippen LogP contribution in [0.5, 0.6) is 0 Å². The number of sulfonamides is 1. The van der Waals surface area contributed by atoms with E-state index in [1.165, 1.54) is 30.7 Å². The molecule has 3 atom stereocenters. The molecule has 2 bridgehead atoms. The van der Waals surface area contributed by atoms with Crippen LogP contribution < -0.4 is 9.62 Å². The lowest BCUT2D eigenvalue weighted by Crippen LogP contribution is -2.46. The van der Waals surface area contributed by atoms with Crippen molar-refractivity contribution in [2.45, 2.75) is 36.6 Å². The van der Waals surface area contributed by atoms with Gasteiger partial charge in [0.15, 0.2) is 0 Å². The number of fused-ring (bicyclic) bond motifs is 2. The summed E-state index contributed by atoms with van der Waals surface area (Å²) in [5, 5.41) is 3.61. The Morgan fingerprint density at radius 1 is 1.07 bits per heavy atom. The predicted octanol–water partition coefficient (Wildman–Crippen LogP) is 4.49. The maximum absolute atomic E-state index is 13.3. The third-order valence-electron chi connectivity index (χ3n) is 5.88. The Morgan fingerprint density at radius 2 is 1.83 bits per heavy atom. The summed E-state index contributed by atoms with van der Waals surface area (Å²) in [6.45, 7) is -0.341. The van der Waals surface area contributed by atoms with E-state index >= 15 is 0 Å². The second-order valence-corrected chi connectivity index (χ2v) is 10.5. The topological polar surface area (TPSA) is 66.5 Å². The highest BCUT2D eigenvalue weighted by Gasteiger charge is 2.40. The second kappa shape index (κ2) is 8.17. The van der Waals surface area contributed by atoms with Crippen molar-refractivity contribution in [3.63, 3.8) is 0 Å². The van der Waals surface area contributed by atoms with E-state index in [2.05, 4.69) is 5.32 Å². The van der Waals surface area contributed by atoms with Crippen molar-refractivity contribution in [2.24, 2.45) is 11.8 Å². The fraction of sp³-hybridized carbons (Fsp3) is 0.381. The van der Waals surface area contributed by atoms with E-state index in [0.717, 1.165) is 23.6 Å². The van der Waals surface area contributed by atoms with Crippen molar-refractivity contribution >= 4 is 44.8 Å². The summed E-state index contributed by atoms with van der Waals surface area (Å²) in [4.78, 5) is 12.9. The quantitative estimate of drug-likeness (QED) is 0.701. The average Bonchev–Trinajstić information content (AvgIpc) is 3.30. The van der Waals surface area contributed by atoms with Crippen molar-refractivity contribution in [3.05, 3.63) is 58.6 Å². The van der Waals surface area contributed by atoms with Crippen LogP contribution in [0.4, 0.5) is 5.69 Å². The lowest BCUT2D eigenvalue weighted by molar-refractivity contribution is -0.120. The average molecular weight is 453 g/mol. The Kier molecular flexibility index (Phi) is 5.78. The number of anilines is 1. The highest BCUT2D eigenvalue weighted by atomic mass is 35.5. The number of hydrogen-bond donors (Lipinski definition) is 1. The van der Waals surface area contributed by atoms with Gasteiger partial charge in [0.25, 0.3) is 10.0 Å². The zero-order valence-corrected chi connectivity index (χ0v) is 18.1. The van der Waals surface area contributed by atoms with Crippen LogP contribution in [0.3, 0.4) is 0 Å². The first-order valence-corrected chi connectivity index (χ1v) is 11.9. The van der Waals surface area contributed by atoms with Gasteiger partial charge >= 0.3 is 0 Å². The van der Waals surface area contributed by atoms with Crippen molar-refractivity contribution in [3.8, 4) is 0 Å². The molecule has 154 valence electrons. The zero-order chi connectivity index (χ0) is 20.6. The van der Waals surface area contributed by atoms with Crippen LogP contribution in [0.1, 0.15) is 25.7 Å². The van der Waals surface area contributed by atoms with Crippen LogP contribution in [-0.2, 0) is 14.8 Å². The molecule has 2 aliphatic carbocycles. The SMILES string of the molecule is O=C(CN(c1ccc(Cl)cc1Cl)S(=O)(=O)c1ccccc1)N[C@@H]1C[C@H]2CC[C@@H]1C2. The molecule has 5 nitrogen and oxygen atoms in total. The number of nitrogens with zero attached hydrogens (tertiary/aromatic N) is 1. The number of carbonyl (C=O) groups excluding carboxylic acids is 1. The molecule has 1 N–H and O–H groups in total. The number of nitrogens with one attached hydrogen (secondary N) is 1. The minimum atomic E-state index is -3.98. The minimum absolute atomic E-state index is 0.0961. The van der Waals surface area contributed by atoms with Crippen molar-refractivity contribution in [1.82, 2.24) is 5.32 Å². The predicted molar refractivity (Wildman–Crippen MR) is 115 cm³/mol.